The molecular weight excluding hydrogens is 757 g/mol. The maximum Gasteiger partial charge on any atom is 0.164 e. The molecule has 4 aromatic heterocycles. The summed E-state index contributed by atoms with van der Waals surface area (Å²) in [7, 11) is 0. The fraction of sp³-hybridized carbons (Fsp3) is 0. The van der Waals surface area contributed by atoms with E-state index >= 15 is 0 Å². The van der Waals surface area contributed by atoms with Crippen molar-refractivity contribution in [3.05, 3.63) is 194 Å². The zero-order valence-corrected chi connectivity index (χ0v) is 33.2. The Morgan fingerprint density at radius 2 is 0.887 bits per heavy atom. The molecule has 0 fully saturated rings. The van der Waals surface area contributed by atoms with Crippen molar-refractivity contribution in [1.82, 2.24) is 19.4 Å². The molecule has 0 aliphatic rings. The average Bonchev–Trinajstić information content (AvgIpc) is 4.01. The maximum absolute atomic E-state index is 6.37. The van der Waals surface area contributed by atoms with Crippen molar-refractivity contribution < 1.29 is 4.42 Å². The standard InChI is InChI=1S/C57H32N4O/c1-2-14-33(15-3-1)55-58-56(44-24-13-27-50-52(44)43-21-9-11-26-49(43)62-50)60-57(59-55)45-30-29-40-37-18-5-4-16-35(37)36-17-6-7-20-39(36)53(40)51(45)34-28-31-48-46(32-34)42-23-12-22-41-38-19-8-10-25-47(38)61(48)54(41)42/h1-32H. The van der Waals surface area contributed by atoms with Crippen LogP contribution in [-0.4, -0.2) is 19.4 Å². The van der Waals surface area contributed by atoms with Gasteiger partial charge in [0.2, 0.25) is 0 Å². The predicted octanol–water partition coefficient (Wildman–Crippen LogP) is 15.0. The minimum atomic E-state index is 0.590. The molecule has 5 nitrogen and oxygen atoms in total. The van der Waals surface area contributed by atoms with Gasteiger partial charge in [0.05, 0.1) is 16.6 Å². The number of fused-ring (bicyclic) bond motifs is 15. The minimum Gasteiger partial charge on any atom is -0.456 e. The fourth-order valence-corrected chi connectivity index (χ4v) is 10.4. The van der Waals surface area contributed by atoms with Crippen LogP contribution in [0.5, 0.6) is 0 Å². The van der Waals surface area contributed by atoms with Gasteiger partial charge in [0.25, 0.3) is 0 Å². The number of benzene rings is 10. The van der Waals surface area contributed by atoms with E-state index in [2.05, 4.69) is 150 Å². The molecule has 0 aliphatic heterocycles. The Labute approximate surface area is 354 Å². The third-order valence-corrected chi connectivity index (χ3v) is 13.0. The Hall–Kier alpha value is -8.41. The van der Waals surface area contributed by atoms with Crippen molar-refractivity contribution in [3.63, 3.8) is 0 Å². The summed E-state index contributed by atoms with van der Waals surface area (Å²) in [5, 5.41) is 14.2. The van der Waals surface area contributed by atoms with Crippen LogP contribution in [-0.2, 0) is 0 Å². The molecular formula is C57H32N4O. The number of hydrogen-bond acceptors (Lipinski definition) is 4. The van der Waals surface area contributed by atoms with Gasteiger partial charge < -0.3 is 8.82 Å². The van der Waals surface area contributed by atoms with E-state index in [1.807, 2.05) is 48.5 Å². The van der Waals surface area contributed by atoms with Crippen LogP contribution < -0.4 is 0 Å². The Kier molecular flexibility index (Phi) is 6.77. The molecule has 0 unspecified atom stereocenters. The second kappa shape index (κ2) is 12.6. The van der Waals surface area contributed by atoms with Crippen molar-refractivity contribution in [3.8, 4) is 45.3 Å². The lowest BCUT2D eigenvalue weighted by molar-refractivity contribution is 0.669. The van der Waals surface area contributed by atoms with Crippen molar-refractivity contribution in [2.45, 2.75) is 0 Å². The quantitative estimate of drug-likeness (QED) is 0.167. The largest absolute Gasteiger partial charge is 0.456 e. The van der Waals surface area contributed by atoms with Crippen molar-refractivity contribution in [2.75, 3.05) is 0 Å². The Balaban J connectivity index is 1.13. The van der Waals surface area contributed by atoms with Crippen molar-refractivity contribution in [2.24, 2.45) is 0 Å². The SMILES string of the molecule is c1ccc(-c2nc(-c3ccc4c5ccccc5c5ccccc5c4c3-c3ccc4c(c3)c3cccc5c6ccccc6n4c53)nc(-c3cccc4oc5ccccc5c34)n2)cc1. The first-order chi connectivity index (χ1) is 30.8. The topological polar surface area (TPSA) is 56.2 Å². The summed E-state index contributed by atoms with van der Waals surface area (Å²) in [6.07, 6.45) is 0. The minimum absolute atomic E-state index is 0.590. The van der Waals surface area contributed by atoms with E-state index in [1.54, 1.807) is 0 Å². The van der Waals surface area contributed by atoms with Gasteiger partial charge in [0.1, 0.15) is 11.2 Å². The summed E-state index contributed by atoms with van der Waals surface area (Å²) in [5.41, 5.74) is 10.2. The Morgan fingerprint density at radius 3 is 1.69 bits per heavy atom. The fourth-order valence-electron chi connectivity index (χ4n) is 10.4. The number of rotatable bonds is 4. The highest BCUT2D eigenvalue weighted by molar-refractivity contribution is 6.30. The van der Waals surface area contributed by atoms with E-state index < -0.39 is 0 Å². The van der Waals surface area contributed by atoms with Gasteiger partial charge in [-0.2, -0.15) is 0 Å². The van der Waals surface area contributed by atoms with Crippen LogP contribution in [0.4, 0.5) is 0 Å². The van der Waals surface area contributed by atoms with Gasteiger partial charge in [-0.25, -0.2) is 15.0 Å². The molecule has 0 N–H and O–H groups in total. The van der Waals surface area contributed by atoms with Crippen LogP contribution >= 0.6 is 0 Å². The summed E-state index contributed by atoms with van der Waals surface area (Å²) in [5.74, 6) is 1.80. The second-order valence-corrected chi connectivity index (χ2v) is 16.2. The smallest absolute Gasteiger partial charge is 0.164 e. The van der Waals surface area contributed by atoms with Crippen LogP contribution in [0, 0.1) is 0 Å². The van der Waals surface area contributed by atoms with Gasteiger partial charge in [-0.1, -0.05) is 158 Å². The normalized spacial score (nSPS) is 12.2. The van der Waals surface area contributed by atoms with E-state index in [0.29, 0.717) is 17.5 Å². The molecule has 0 saturated heterocycles. The average molecular weight is 789 g/mol. The molecule has 10 aromatic carbocycles. The molecule has 4 heterocycles. The first-order valence-electron chi connectivity index (χ1n) is 21.0. The molecule has 0 radical (unpaired) electrons. The number of aromatic nitrogens is 4. The lowest BCUT2D eigenvalue weighted by Crippen LogP contribution is -2.02. The summed E-state index contributed by atoms with van der Waals surface area (Å²) in [6, 6.07) is 69.1. The lowest BCUT2D eigenvalue weighted by Gasteiger charge is -2.18. The molecule has 0 amide bonds. The molecule has 5 heteroatoms. The predicted molar refractivity (Wildman–Crippen MR) is 256 cm³/mol. The molecule has 0 bridgehead atoms. The van der Waals surface area contributed by atoms with Gasteiger partial charge in [-0.15, -0.1) is 0 Å². The summed E-state index contributed by atoms with van der Waals surface area (Å²) >= 11 is 0. The van der Waals surface area contributed by atoms with Crippen LogP contribution in [0.25, 0.3) is 138 Å². The maximum atomic E-state index is 6.37. The molecule has 62 heavy (non-hydrogen) atoms. The van der Waals surface area contributed by atoms with Crippen LogP contribution in [0.3, 0.4) is 0 Å². The summed E-state index contributed by atoms with van der Waals surface area (Å²) < 4.78 is 8.81. The van der Waals surface area contributed by atoms with Crippen molar-refractivity contribution >= 4 is 92.4 Å². The first kappa shape index (κ1) is 33.4. The molecule has 0 saturated carbocycles. The second-order valence-electron chi connectivity index (χ2n) is 16.2. The zero-order valence-electron chi connectivity index (χ0n) is 33.2. The number of hydrogen-bond donors (Lipinski definition) is 0. The third-order valence-electron chi connectivity index (χ3n) is 13.0. The van der Waals surface area contributed by atoms with Gasteiger partial charge in [0, 0.05) is 54.6 Å². The molecule has 0 spiro atoms. The van der Waals surface area contributed by atoms with Crippen molar-refractivity contribution in [1.29, 1.82) is 0 Å². The highest BCUT2D eigenvalue weighted by Gasteiger charge is 2.24. The lowest BCUT2D eigenvalue weighted by atomic mass is 9.86. The number of para-hydroxylation sites is 3. The molecule has 0 atom stereocenters. The highest BCUT2D eigenvalue weighted by atomic mass is 16.3. The number of furan rings is 1. The van der Waals surface area contributed by atoms with Gasteiger partial charge in [0.15, 0.2) is 17.5 Å². The van der Waals surface area contributed by atoms with E-state index in [-0.39, 0.29) is 0 Å². The Morgan fingerprint density at radius 1 is 0.323 bits per heavy atom. The molecule has 14 aromatic rings. The van der Waals surface area contributed by atoms with Gasteiger partial charge in [-0.3, -0.25) is 0 Å². The van der Waals surface area contributed by atoms with Crippen LogP contribution in [0.15, 0.2) is 199 Å². The molecule has 0 aliphatic carbocycles. The third kappa shape index (κ3) is 4.59. The van der Waals surface area contributed by atoms with E-state index in [9.17, 15) is 0 Å². The summed E-state index contributed by atoms with van der Waals surface area (Å²) in [4.78, 5) is 16.1. The molecule has 14 rings (SSSR count). The van der Waals surface area contributed by atoms with Crippen LogP contribution in [0.1, 0.15) is 0 Å². The zero-order chi connectivity index (χ0) is 40.5. The molecule has 286 valence electrons. The number of nitrogens with zero attached hydrogens (tertiary/aromatic N) is 4. The monoisotopic (exact) mass is 788 g/mol. The van der Waals surface area contributed by atoms with E-state index in [4.69, 9.17) is 19.4 Å². The van der Waals surface area contributed by atoms with Crippen LogP contribution in [0.2, 0.25) is 0 Å². The first-order valence-corrected chi connectivity index (χ1v) is 21.0. The Bertz CT molecular complexity index is 4130. The highest BCUT2D eigenvalue weighted by Crippen LogP contribution is 2.47. The summed E-state index contributed by atoms with van der Waals surface area (Å²) in [6.45, 7) is 0. The van der Waals surface area contributed by atoms with Gasteiger partial charge in [-0.05, 0) is 74.3 Å². The van der Waals surface area contributed by atoms with E-state index in [0.717, 1.165) is 49.8 Å². The van der Waals surface area contributed by atoms with Gasteiger partial charge >= 0.3 is 0 Å². The van der Waals surface area contributed by atoms with E-state index in [1.165, 1.54) is 70.4 Å².